The molecule has 2 aliphatic rings. The third kappa shape index (κ3) is 2.52. The van der Waals surface area contributed by atoms with Crippen molar-refractivity contribution in [3.8, 4) is 0 Å². The Kier molecular flexibility index (Phi) is 3.31. The minimum atomic E-state index is -0.649. The van der Waals surface area contributed by atoms with E-state index in [9.17, 15) is 4.79 Å². The summed E-state index contributed by atoms with van der Waals surface area (Å²) in [5.41, 5.74) is 5.46. The van der Waals surface area contributed by atoms with E-state index in [4.69, 9.17) is 5.73 Å². The molecule has 1 aliphatic heterocycles. The molecule has 0 bridgehead atoms. The third-order valence-corrected chi connectivity index (χ3v) is 3.90. The number of aliphatic imine (C=N–C) groups is 1. The van der Waals surface area contributed by atoms with Gasteiger partial charge in [0.15, 0.2) is 5.17 Å². The Hall–Kier alpha value is -0.550. The second-order valence-electron chi connectivity index (χ2n) is 4.21. The monoisotopic (exact) mass is 227 g/mol. The van der Waals surface area contributed by atoms with Crippen molar-refractivity contribution in [2.75, 3.05) is 12.3 Å². The zero-order valence-electron chi connectivity index (χ0n) is 8.79. The molecule has 1 heterocycles. The number of hydrogen-bond donors (Lipinski definition) is 2. The molecule has 4 nitrogen and oxygen atoms in total. The lowest BCUT2D eigenvalue weighted by Gasteiger charge is -2.31. The molecule has 2 rings (SSSR count). The van der Waals surface area contributed by atoms with Gasteiger partial charge in [0.25, 0.3) is 0 Å². The average molecular weight is 227 g/mol. The lowest BCUT2D eigenvalue weighted by molar-refractivity contribution is -0.125. The van der Waals surface area contributed by atoms with E-state index in [2.05, 4.69) is 10.3 Å². The van der Waals surface area contributed by atoms with Crippen LogP contribution in [0.2, 0.25) is 0 Å². The quantitative estimate of drug-likeness (QED) is 0.698. The van der Waals surface area contributed by atoms with Crippen LogP contribution < -0.4 is 11.1 Å². The fraction of sp³-hybridized carbons (Fsp3) is 0.800. The molecular formula is C10H17N3OS. The Morgan fingerprint density at radius 3 is 2.73 bits per heavy atom. The van der Waals surface area contributed by atoms with Gasteiger partial charge in [-0.25, -0.2) is 0 Å². The van der Waals surface area contributed by atoms with Crippen LogP contribution in [0.25, 0.3) is 0 Å². The third-order valence-electron chi connectivity index (χ3n) is 3.00. The van der Waals surface area contributed by atoms with E-state index in [-0.39, 0.29) is 5.91 Å². The zero-order valence-corrected chi connectivity index (χ0v) is 9.61. The van der Waals surface area contributed by atoms with Crippen molar-refractivity contribution in [3.05, 3.63) is 0 Å². The standard InChI is InChI=1S/C10H17N3OS/c11-10(4-2-1-3-5-10)8(14)13-9-12-6-7-15-9/h1-7,11H2,(H,12,13,14). The van der Waals surface area contributed by atoms with Gasteiger partial charge in [-0.05, 0) is 12.8 Å². The summed E-state index contributed by atoms with van der Waals surface area (Å²) in [6.45, 7) is 0.803. The van der Waals surface area contributed by atoms with Crippen LogP contribution in [-0.2, 0) is 4.79 Å². The SMILES string of the molecule is NC1(C(=O)NC2=NCCS2)CCCCC1. The number of amidine groups is 1. The number of rotatable bonds is 1. The molecule has 0 spiro atoms. The maximum Gasteiger partial charge on any atom is 0.245 e. The van der Waals surface area contributed by atoms with Crippen LogP contribution in [-0.4, -0.2) is 28.9 Å². The number of nitrogens with one attached hydrogen (secondary N) is 1. The summed E-state index contributed by atoms with van der Waals surface area (Å²) in [6.07, 6.45) is 4.92. The summed E-state index contributed by atoms with van der Waals surface area (Å²) in [4.78, 5) is 16.1. The van der Waals surface area contributed by atoms with E-state index in [1.165, 1.54) is 6.42 Å². The van der Waals surface area contributed by atoms with Crippen molar-refractivity contribution in [2.45, 2.75) is 37.6 Å². The van der Waals surface area contributed by atoms with Crippen molar-refractivity contribution in [1.29, 1.82) is 0 Å². The normalized spacial score (nSPS) is 24.7. The van der Waals surface area contributed by atoms with E-state index in [0.29, 0.717) is 0 Å². The summed E-state index contributed by atoms with van der Waals surface area (Å²) in [5.74, 6) is 0.919. The molecule has 0 aromatic rings. The molecule has 84 valence electrons. The largest absolute Gasteiger partial charge is 0.317 e. The molecule has 15 heavy (non-hydrogen) atoms. The minimum absolute atomic E-state index is 0.0460. The molecule has 0 aromatic heterocycles. The summed E-state index contributed by atoms with van der Waals surface area (Å²) in [5, 5.41) is 3.58. The molecule has 1 saturated carbocycles. The van der Waals surface area contributed by atoms with E-state index >= 15 is 0 Å². The first-order chi connectivity index (χ1) is 7.21. The summed E-state index contributed by atoms with van der Waals surface area (Å²) >= 11 is 1.60. The number of nitrogens with zero attached hydrogens (tertiary/aromatic N) is 1. The Balaban J connectivity index is 1.93. The van der Waals surface area contributed by atoms with Crippen LogP contribution >= 0.6 is 11.8 Å². The second-order valence-corrected chi connectivity index (χ2v) is 5.29. The smallest absolute Gasteiger partial charge is 0.245 e. The van der Waals surface area contributed by atoms with Gasteiger partial charge in [0.05, 0.1) is 12.1 Å². The highest BCUT2D eigenvalue weighted by atomic mass is 32.2. The molecule has 1 amide bonds. The summed E-state index contributed by atoms with van der Waals surface area (Å²) in [6, 6.07) is 0. The van der Waals surface area contributed by atoms with Gasteiger partial charge in [-0.1, -0.05) is 31.0 Å². The first-order valence-corrected chi connectivity index (χ1v) is 6.47. The highest BCUT2D eigenvalue weighted by Crippen LogP contribution is 2.26. The molecule has 5 heteroatoms. The highest BCUT2D eigenvalue weighted by Gasteiger charge is 2.35. The number of nitrogens with two attached hydrogens (primary N) is 1. The highest BCUT2D eigenvalue weighted by molar-refractivity contribution is 8.14. The van der Waals surface area contributed by atoms with E-state index in [1.54, 1.807) is 11.8 Å². The van der Waals surface area contributed by atoms with Gasteiger partial charge in [-0.3, -0.25) is 9.79 Å². The molecule has 0 aromatic carbocycles. The number of amides is 1. The van der Waals surface area contributed by atoms with Crippen LogP contribution in [0.5, 0.6) is 0 Å². The maximum atomic E-state index is 11.9. The second kappa shape index (κ2) is 4.53. The molecule has 1 aliphatic carbocycles. The summed E-state index contributed by atoms with van der Waals surface area (Å²) in [7, 11) is 0. The Morgan fingerprint density at radius 2 is 2.13 bits per heavy atom. The predicted octanol–water partition coefficient (Wildman–Crippen LogP) is 0.867. The maximum absolute atomic E-state index is 11.9. The van der Waals surface area contributed by atoms with E-state index in [0.717, 1.165) is 43.1 Å². The van der Waals surface area contributed by atoms with Gasteiger partial charge in [0.2, 0.25) is 5.91 Å². The summed E-state index contributed by atoms with van der Waals surface area (Å²) < 4.78 is 0. The number of carbonyl (C=O) groups excluding carboxylic acids is 1. The lowest BCUT2D eigenvalue weighted by atomic mass is 9.82. The van der Waals surface area contributed by atoms with Crippen LogP contribution in [0.15, 0.2) is 4.99 Å². The van der Waals surface area contributed by atoms with Gasteiger partial charge in [-0.2, -0.15) is 0 Å². The van der Waals surface area contributed by atoms with Crippen LogP contribution in [0.3, 0.4) is 0 Å². The average Bonchev–Trinajstić information content (AvgIpc) is 2.71. The van der Waals surface area contributed by atoms with Crippen LogP contribution in [0.4, 0.5) is 0 Å². The van der Waals surface area contributed by atoms with Crippen molar-refractivity contribution < 1.29 is 4.79 Å². The van der Waals surface area contributed by atoms with Crippen LogP contribution in [0, 0.1) is 0 Å². The van der Waals surface area contributed by atoms with Crippen molar-refractivity contribution >= 4 is 22.8 Å². The predicted molar refractivity (Wildman–Crippen MR) is 62.9 cm³/mol. The topological polar surface area (TPSA) is 67.5 Å². The van der Waals surface area contributed by atoms with Gasteiger partial charge in [0, 0.05) is 5.75 Å². The van der Waals surface area contributed by atoms with Gasteiger partial charge < -0.3 is 11.1 Å². The lowest BCUT2D eigenvalue weighted by Crippen LogP contribution is -2.55. The van der Waals surface area contributed by atoms with E-state index in [1.807, 2.05) is 0 Å². The Morgan fingerprint density at radius 1 is 1.40 bits per heavy atom. The van der Waals surface area contributed by atoms with Gasteiger partial charge in [-0.15, -0.1) is 0 Å². The van der Waals surface area contributed by atoms with Crippen molar-refractivity contribution in [2.24, 2.45) is 10.7 Å². The molecule has 1 fully saturated rings. The molecule has 0 unspecified atom stereocenters. The van der Waals surface area contributed by atoms with Crippen LogP contribution in [0.1, 0.15) is 32.1 Å². The molecular weight excluding hydrogens is 210 g/mol. The Bertz CT molecular complexity index is 284. The first-order valence-electron chi connectivity index (χ1n) is 5.48. The van der Waals surface area contributed by atoms with Crippen molar-refractivity contribution in [3.63, 3.8) is 0 Å². The Labute approximate surface area is 94.1 Å². The molecule has 3 N–H and O–H groups in total. The molecule has 0 atom stereocenters. The van der Waals surface area contributed by atoms with Crippen molar-refractivity contribution in [1.82, 2.24) is 5.32 Å². The number of carbonyl (C=O) groups is 1. The van der Waals surface area contributed by atoms with Gasteiger partial charge >= 0.3 is 0 Å². The number of thioether (sulfide) groups is 1. The minimum Gasteiger partial charge on any atom is -0.317 e. The number of hydrogen-bond acceptors (Lipinski definition) is 4. The first kappa shape index (κ1) is 11.0. The van der Waals surface area contributed by atoms with E-state index < -0.39 is 5.54 Å². The fourth-order valence-corrected chi connectivity index (χ4v) is 2.77. The van der Waals surface area contributed by atoms with Gasteiger partial charge in [0.1, 0.15) is 0 Å². The molecule has 0 saturated heterocycles. The fourth-order valence-electron chi connectivity index (χ4n) is 2.04. The zero-order chi connectivity index (χ0) is 10.7. The molecule has 0 radical (unpaired) electrons.